The number of hydrogen-bond donors (Lipinski definition) is 1. The number of halogens is 1. The summed E-state index contributed by atoms with van der Waals surface area (Å²) >= 11 is 9.32. The molecule has 0 atom stereocenters. The molecule has 2 heterocycles. The Morgan fingerprint density at radius 2 is 2.24 bits per heavy atom. The molecule has 3 aromatic rings. The zero-order valence-electron chi connectivity index (χ0n) is 8.81. The van der Waals surface area contributed by atoms with Crippen molar-refractivity contribution in [3.05, 3.63) is 45.6 Å². The van der Waals surface area contributed by atoms with Gasteiger partial charge in [-0.1, -0.05) is 29.0 Å². The fourth-order valence-corrected chi connectivity index (χ4v) is 3.33. The van der Waals surface area contributed by atoms with Crippen LogP contribution < -0.4 is 5.32 Å². The molecule has 0 radical (unpaired) electrons. The predicted octanol–water partition coefficient (Wildman–Crippen LogP) is 4.62. The molecule has 3 rings (SSSR count). The second kappa shape index (κ2) is 4.64. The SMILES string of the molecule is Clc1ccc2nc(NCc3cccs3)sc2c1. The highest BCUT2D eigenvalue weighted by molar-refractivity contribution is 7.22. The minimum absolute atomic E-state index is 0.756. The van der Waals surface area contributed by atoms with Gasteiger partial charge in [0.05, 0.1) is 16.8 Å². The summed E-state index contributed by atoms with van der Waals surface area (Å²) in [5.74, 6) is 0. The van der Waals surface area contributed by atoms with Crippen LogP contribution in [0.3, 0.4) is 0 Å². The average Bonchev–Trinajstić information content (AvgIpc) is 2.94. The zero-order chi connectivity index (χ0) is 11.7. The first-order valence-electron chi connectivity index (χ1n) is 5.13. The number of thiazole rings is 1. The van der Waals surface area contributed by atoms with Crippen LogP contribution in [-0.4, -0.2) is 4.98 Å². The van der Waals surface area contributed by atoms with Crippen molar-refractivity contribution in [1.82, 2.24) is 4.98 Å². The topological polar surface area (TPSA) is 24.9 Å². The van der Waals surface area contributed by atoms with Crippen LogP contribution in [0.15, 0.2) is 35.7 Å². The van der Waals surface area contributed by atoms with Gasteiger partial charge in [-0.2, -0.15) is 0 Å². The summed E-state index contributed by atoms with van der Waals surface area (Å²) in [7, 11) is 0. The number of nitrogens with zero attached hydrogens (tertiary/aromatic N) is 1. The van der Waals surface area contributed by atoms with E-state index in [0.29, 0.717) is 0 Å². The number of benzene rings is 1. The number of nitrogens with one attached hydrogen (secondary N) is 1. The first-order chi connectivity index (χ1) is 8.31. The van der Waals surface area contributed by atoms with E-state index < -0.39 is 0 Å². The molecule has 5 heteroatoms. The van der Waals surface area contributed by atoms with E-state index in [1.165, 1.54) is 4.88 Å². The Kier molecular flexibility index (Phi) is 3.01. The third kappa shape index (κ3) is 2.44. The van der Waals surface area contributed by atoms with Crippen LogP contribution in [0.2, 0.25) is 5.02 Å². The van der Waals surface area contributed by atoms with E-state index in [1.54, 1.807) is 22.7 Å². The normalized spacial score (nSPS) is 10.9. The molecule has 2 aromatic heterocycles. The van der Waals surface area contributed by atoms with Gasteiger partial charge in [0.15, 0.2) is 5.13 Å². The summed E-state index contributed by atoms with van der Waals surface area (Å²) in [6, 6.07) is 9.93. The molecule has 0 saturated carbocycles. The maximum Gasteiger partial charge on any atom is 0.184 e. The van der Waals surface area contributed by atoms with Crippen molar-refractivity contribution in [3.8, 4) is 0 Å². The van der Waals surface area contributed by atoms with E-state index in [-0.39, 0.29) is 0 Å². The maximum absolute atomic E-state index is 5.95. The van der Waals surface area contributed by atoms with Gasteiger partial charge >= 0.3 is 0 Å². The van der Waals surface area contributed by atoms with Crippen molar-refractivity contribution in [2.45, 2.75) is 6.54 Å². The van der Waals surface area contributed by atoms with Crippen molar-refractivity contribution < 1.29 is 0 Å². The Labute approximate surface area is 112 Å². The summed E-state index contributed by atoms with van der Waals surface area (Å²) in [6.07, 6.45) is 0. The lowest BCUT2D eigenvalue weighted by molar-refractivity contribution is 1.18. The fourth-order valence-electron chi connectivity index (χ4n) is 1.55. The van der Waals surface area contributed by atoms with Crippen LogP contribution in [-0.2, 0) is 6.54 Å². The van der Waals surface area contributed by atoms with Gasteiger partial charge in [-0.3, -0.25) is 0 Å². The molecule has 0 bridgehead atoms. The second-order valence-corrected chi connectivity index (χ2v) is 6.06. The molecule has 0 amide bonds. The second-order valence-electron chi connectivity index (χ2n) is 3.56. The number of fused-ring (bicyclic) bond motifs is 1. The highest BCUT2D eigenvalue weighted by atomic mass is 35.5. The third-order valence-electron chi connectivity index (χ3n) is 2.34. The quantitative estimate of drug-likeness (QED) is 0.757. The Bertz CT molecular complexity index is 631. The summed E-state index contributed by atoms with van der Waals surface area (Å²) in [5.41, 5.74) is 0.994. The molecule has 1 N–H and O–H groups in total. The minimum Gasteiger partial charge on any atom is -0.357 e. The number of rotatable bonds is 3. The van der Waals surface area contributed by atoms with Crippen molar-refractivity contribution >= 4 is 49.6 Å². The molecule has 0 unspecified atom stereocenters. The zero-order valence-corrected chi connectivity index (χ0v) is 11.2. The molecule has 2 nitrogen and oxygen atoms in total. The standard InChI is InChI=1S/C12H9ClN2S2/c13-8-3-4-10-11(6-8)17-12(15-10)14-7-9-2-1-5-16-9/h1-6H,7H2,(H,14,15). The van der Waals surface area contributed by atoms with Crippen LogP contribution in [0.1, 0.15) is 4.88 Å². The highest BCUT2D eigenvalue weighted by Crippen LogP contribution is 2.28. The first-order valence-corrected chi connectivity index (χ1v) is 7.21. The van der Waals surface area contributed by atoms with Crippen LogP contribution in [0.5, 0.6) is 0 Å². The largest absolute Gasteiger partial charge is 0.357 e. The van der Waals surface area contributed by atoms with Crippen LogP contribution in [0.25, 0.3) is 10.2 Å². The summed E-state index contributed by atoms with van der Waals surface area (Å²) in [4.78, 5) is 5.81. The predicted molar refractivity (Wildman–Crippen MR) is 76.3 cm³/mol. The summed E-state index contributed by atoms with van der Waals surface area (Å²) < 4.78 is 1.12. The summed E-state index contributed by atoms with van der Waals surface area (Å²) in [6.45, 7) is 0.825. The van der Waals surface area contributed by atoms with Crippen molar-refractivity contribution in [1.29, 1.82) is 0 Å². The van der Waals surface area contributed by atoms with Gasteiger partial charge in [-0.15, -0.1) is 11.3 Å². The number of thiophene rings is 1. The molecule has 0 fully saturated rings. The van der Waals surface area contributed by atoms with Gasteiger partial charge in [-0.25, -0.2) is 4.98 Å². The smallest absolute Gasteiger partial charge is 0.184 e. The van der Waals surface area contributed by atoms with Gasteiger partial charge < -0.3 is 5.32 Å². The van der Waals surface area contributed by atoms with Crippen molar-refractivity contribution in [2.75, 3.05) is 5.32 Å². The molecule has 0 aliphatic carbocycles. The molecule has 0 aliphatic heterocycles. The maximum atomic E-state index is 5.95. The highest BCUT2D eigenvalue weighted by Gasteiger charge is 2.04. The van der Waals surface area contributed by atoms with E-state index in [0.717, 1.165) is 26.9 Å². The fraction of sp³-hybridized carbons (Fsp3) is 0.0833. The Morgan fingerprint density at radius 1 is 1.29 bits per heavy atom. The molecular weight excluding hydrogens is 272 g/mol. The molecule has 86 valence electrons. The molecule has 0 aliphatic rings. The molecule has 0 saturated heterocycles. The molecule has 0 spiro atoms. The Hall–Kier alpha value is -1.10. The van der Waals surface area contributed by atoms with Gasteiger partial charge in [0.2, 0.25) is 0 Å². The molecule has 17 heavy (non-hydrogen) atoms. The van der Waals surface area contributed by atoms with E-state index in [1.807, 2.05) is 18.2 Å². The van der Waals surface area contributed by atoms with Crippen LogP contribution in [0, 0.1) is 0 Å². The third-order valence-corrected chi connectivity index (χ3v) is 4.43. The number of anilines is 1. The molecule has 1 aromatic carbocycles. The van der Waals surface area contributed by atoms with E-state index in [9.17, 15) is 0 Å². The van der Waals surface area contributed by atoms with Crippen LogP contribution in [0.4, 0.5) is 5.13 Å². The number of aromatic nitrogens is 1. The van der Waals surface area contributed by atoms with Crippen LogP contribution >= 0.6 is 34.3 Å². The lowest BCUT2D eigenvalue weighted by atomic mass is 10.3. The van der Waals surface area contributed by atoms with E-state index >= 15 is 0 Å². The van der Waals surface area contributed by atoms with E-state index in [4.69, 9.17) is 11.6 Å². The minimum atomic E-state index is 0.756. The number of hydrogen-bond acceptors (Lipinski definition) is 4. The van der Waals surface area contributed by atoms with Gasteiger partial charge in [0, 0.05) is 9.90 Å². The summed E-state index contributed by atoms with van der Waals surface area (Å²) in [5, 5.41) is 7.11. The lowest BCUT2D eigenvalue weighted by Gasteiger charge is -1.97. The van der Waals surface area contributed by atoms with Gasteiger partial charge in [0.1, 0.15) is 0 Å². The van der Waals surface area contributed by atoms with Gasteiger partial charge in [-0.05, 0) is 29.6 Å². The average molecular weight is 281 g/mol. The van der Waals surface area contributed by atoms with E-state index in [2.05, 4.69) is 27.8 Å². The Morgan fingerprint density at radius 3 is 3.06 bits per heavy atom. The first kappa shape index (κ1) is 11.0. The molecular formula is C12H9ClN2S2. The monoisotopic (exact) mass is 280 g/mol. The van der Waals surface area contributed by atoms with Gasteiger partial charge in [0.25, 0.3) is 0 Å². The van der Waals surface area contributed by atoms with Crippen molar-refractivity contribution in [3.63, 3.8) is 0 Å². The Balaban J connectivity index is 1.81. The van der Waals surface area contributed by atoms with Crippen molar-refractivity contribution in [2.24, 2.45) is 0 Å². The lowest BCUT2D eigenvalue weighted by Crippen LogP contribution is -1.95.